The fraction of sp³-hybridized carbons (Fsp3) is 0.611. The van der Waals surface area contributed by atoms with Crippen LogP contribution < -0.4 is 10.1 Å². The molecule has 0 aromatic heterocycles. The van der Waals surface area contributed by atoms with Crippen LogP contribution in [0.25, 0.3) is 0 Å². The lowest BCUT2D eigenvalue weighted by Gasteiger charge is -2.35. The summed E-state index contributed by atoms with van der Waals surface area (Å²) in [6.45, 7) is 8.54. The lowest BCUT2D eigenvalue weighted by molar-refractivity contribution is -0.126. The van der Waals surface area contributed by atoms with E-state index in [0.717, 1.165) is 38.3 Å². The Morgan fingerprint density at radius 3 is 2.48 bits per heavy atom. The van der Waals surface area contributed by atoms with Crippen molar-refractivity contribution >= 4 is 5.91 Å². The van der Waals surface area contributed by atoms with Crippen LogP contribution in [-0.2, 0) is 4.79 Å². The molecule has 0 aliphatic carbocycles. The zero-order chi connectivity index (χ0) is 16.7. The molecule has 1 aliphatic rings. The summed E-state index contributed by atoms with van der Waals surface area (Å²) in [4.78, 5) is 16.9. The number of nitrogens with zero attached hydrogens (tertiary/aromatic N) is 2. The monoisotopic (exact) mass is 319 g/mol. The van der Waals surface area contributed by atoms with Crippen molar-refractivity contribution in [1.29, 1.82) is 0 Å². The molecule has 1 fully saturated rings. The van der Waals surface area contributed by atoms with E-state index in [0.29, 0.717) is 6.54 Å². The van der Waals surface area contributed by atoms with Crippen LogP contribution in [0.4, 0.5) is 0 Å². The van der Waals surface area contributed by atoms with Gasteiger partial charge in [-0.2, -0.15) is 0 Å². The Hall–Kier alpha value is -1.59. The lowest BCUT2D eigenvalue weighted by Crippen LogP contribution is -2.53. The average Bonchev–Trinajstić information content (AvgIpc) is 2.59. The third-order valence-corrected chi connectivity index (χ3v) is 4.47. The Kier molecular flexibility index (Phi) is 6.86. The first kappa shape index (κ1) is 17.8. The molecule has 2 rings (SSSR count). The molecule has 0 spiro atoms. The van der Waals surface area contributed by atoms with E-state index >= 15 is 0 Å². The summed E-state index contributed by atoms with van der Waals surface area (Å²) >= 11 is 0. The highest BCUT2D eigenvalue weighted by atomic mass is 16.5. The van der Waals surface area contributed by atoms with Crippen LogP contribution in [0.2, 0.25) is 0 Å². The molecule has 1 N–H and O–H groups in total. The summed E-state index contributed by atoms with van der Waals surface area (Å²) in [6, 6.07) is 9.67. The third-order valence-electron chi connectivity index (χ3n) is 4.47. The Morgan fingerprint density at radius 1 is 1.22 bits per heavy atom. The summed E-state index contributed by atoms with van der Waals surface area (Å²) in [6.07, 6.45) is 0.860. The van der Waals surface area contributed by atoms with Crippen LogP contribution >= 0.6 is 0 Å². The van der Waals surface area contributed by atoms with Crippen molar-refractivity contribution in [2.24, 2.45) is 0 Å². The molecular formula is C18H29N3O2. The first-order valence-corrected chi connectivity index (χ1v) is 8.52. The summed E-state index contributed by atoms with van der Waals surface area (Å²) in [5.41, 5.74) is 0. The number of carbonyl (C=O) groups is 1. The van der Waals surface area contributed by atoms with Gasteiger partial charge in [0.25, 0.3) is 0 Å². The van der Waals surface area contributed by atoms with Crippen LogP contribution in [0.3, 0.4) is 0 Å². The molecule has 128 valence electrons. The lowest BCUT2D eigenvalue weighted by atomic mass is 10.2. The van der Waals surface area contributed by atoms with E-state index in [1.54, 1.807) is 0 Å². The third kappa shape index (κ3) is 5.52. The van der Waals surface area contributed by atoms with Gasteiger partial charge in [-0.05, 0) is 32.5 Å². The van der Waals surface area contributed by atoms with E-state index in [9.17, 15) is 4.79 Å². The summed E-state index contributed by atoms with van der Waals surface area (Å²) in [7, 11) is 2.12. The van der Waals surface area contributed by atoms with Crippen molar-refractivity contribution in [2.75, 3.05) is 39.8 Å². The van der Waals surface area contributed by atoms with Crippen molar-refractivity contribution in [3.8, 4) is 5.75 Å². The highest BCUT2D eigenvalue weighted by Gasteiger charge is 2.24. The normalized spacial score (nSPS) is 19.1. The van der Waals surface area contributed by atoms with Crippen LogP contribution in [-0.4, -0.2) is 67.6 Å². The van der Waals surface area contributed by atoms with Crippen molar-refractivity contribution in [2.45, 2.75) is 32.4 Å². The largest absolute Gasteiger partial charge is 0.489 e. The molecule has 1 amide bonds. The van der Waals surface area contributed by atoms with Crippen LogP contribution in [0.5, 0.6) is 5.75 Å². The molecule has 1 saturated heterocycles. The van der Waals surface area contributed by atoms with Crippen molar-refractivity contribution in [3.63, 3.8) is 0 Å². The average molecular weight is 319 g/mol. The number of hydrogen-bond acceptors (Lipinski definition) is 4. The zero-order valence-electron chi connectivity index (χ0n) is 14.5. The maximum atomic E-state index is 12.4. The Bertz CT molecular complexity index is 472. The van der Waals surface area contributed by atoms with Crippen LogP contribution in [0, 0.1) is 0 Å². The van der Waals surface area contributed by atoms with E-state index < -0.39 is 0 Å². The van der Waals surface area contributed by atoms with Gasteiger partial charge in [0.05, 0.1) is 12.6 Å². The van der Waals surface area contributed by atoms with E-state index in [1.807, 2.05) is 37.3 Å². The number of para-hydroxylation sites is 1. The minimum absolute atomic E-state index is 0.000962. The minimum atomic E-state index is -0.0852. The second-order valence-electron chi connectivity index (χ2n) is 6.22. The van der Waals surface area contributed by atoms with Gasteiger partial charge in [-0.25, -0.2) is 0 Å². The smallest absolute Gasteiger partial charge is 0.237 e. The molecule has 0 bridgehead atoms. The molecule has 0 saturated carbocycles. The Labute approximate surface area is 139 Å². The highest BCUT2D eigenvalue weighted by Crippen LogP contribution is 2.12. The quantitative estimate of drug-likeness (QED) is 0.829. The number of benzene rings is 1. The van der Waals surface area contributed by atoms with Gasteiger partial charge < -0.3 is 15.0 Å². The van der Waals surface area contributed by atoms with Gasteiger partial charge in [0.15, 0.2) is 0 Å². The molecule has 0 unspecified atom stereocenters. The summed E-state index contributed by atoms with van der Waals surface area (Å²) in [5, 5.41) is 3.04. The molecule has 0 radical (unpaired) electrons. The van der Waals surface area contributed by atoms with Gasteiger partial charge in [0.1, 0.15) is 11.9 Å². The summed E-state index contributed by atoms with van der Waals surface area (Å²) < 4.78 is 5.92. The summed E-state index contributed by atoms with van der Waals surface area (Å²) in [5.74, 6) is 0.936. The maximum absolute atomic E-state index is 12.4. The van der Waals surface area contributed by atoms with Crippen molar-refractivity contribution in [1.82, 2.24) is 15.1 Å². The van der Waals surface area contributed by atoms with Gasteiger partial charge >= 0.3 is 0 Å². The van der Waals surface area contributed by atoms with E-state index in [2.05, 4.69) is 29.1 Å². The number of ether oxygens (including phenoxy) is 1. The van der Waals surface area contributed by atoms with Gasteiger partial charge in [-0.1, -0.05) is 25.1 Å². The van der Waals surface area contributed by atoms with E-state index in [4.69, 9.17) is 4.74 Å². The molecule has 1 aromatic rings. The molecule has 1 heterocycles. The fourth-order valence-electron chi connectivity index (χ4n) is 2.70. The second-order valence-corrected chi connectivity index (χ2v) is 6.22. The minimum Gasteiger partial charge on any atom is -0.489 e. The number of likely N-dealkylation sites (N-methyl/N-ethyl adjacent to an activating group) is 1. The predicted molar refractivity (Wildman–Crippen MR) is 92.7 cm³/mol. The van der Waals surface area contributed by atoms with Gasteiger partial charge in [0.2, 0.25) is 5.91 Å². The molecule has 5 heteroatoms. The Balaban J connectivity index is 1.77. The standard InChI is InChI=1S/C18H29N3O2/c1-4-16(23-17-8-6-5-7-9-17)14-19-18(22)15(2)21-12-10-20(3)11-13-21/h5-9,15-16H,4,10-14H2,1-3H3,(H,19,22)/t15-,16+/m0/s1. The van der Waals surface area contributed by atoms with Crippen LogP contribution in [0.1, 0.15) is 20.3 Å². The van der Waals surface area contributed by atoms with Gasteiger partial charge in [0, 0.05) is 26.2 Å². The predicted octanol–water partition coefficient (Wildman–Crippen LogP) is 1.60. The number of amides is 1. The number of hydrogen-bond donors (Lipinski definition) is 1. The SMILES string of the molecule is CC[C@H](CNC(=O)[C@H](C)N1CCN(C)CC1)Oc1ccccc1. The fourth-order valence-corrected chi connectivity index (χ4v) is 2.70. The molecule has 1 aromatic carbocycles. The topological polar surface area (TPSA) is 44.8 Å². The Morgan fingerprint density at radius 2 is 1.87 bits per heavy atom. The number of rotatable bonds is 7. The molecule has 23 heavy (non-hydrogen) atoms. The first-order valence-electron chi connectivity index (χ1n) is 8.52. The maximum Gasteiger partial charge on any atom is 0.237 e. The second kappa shape index (κ2) is 8.89. The van der Waals surface area contributed by atoms with Crippen LogP contribution in [0.15, 0.2) is 30.3 Å². The van der Waals surface area contributed by atoms with Gasteiger partial charge in [-0.3, -0.25) is 9.69 Å². The zero-order valence-corrected chi connectivity index (χ0v) is 14.5. The van der Waals surface area contributed by atoms with Gasteiger partial charge in [-0.15, -0.1) is 0 Å². The van der Waals surface area contributed by atoms with E-state index in [-0.39, 0.29) is 18.1 Å². The molecule has 2 atom stereocenters. The number of piperazine rings is 1. The molecule has 5 nitrogen and oxygen atoms in total. The van der Waals surface area contributed by atoms with E-state index in [1.165, 1.54) is 0 Å². The van der Waals surface area contributed by atoms with Crippen molar-refractivity contribution in [3.05, 3.63) is 30.3 Å². The number of nitrogens with one attached hydrogen (secondary N) is 1. The van der Waals surface area contributed by atoms with Crippen molar-refractivity contribution < 1.29 is 9.53 Å². The highest BCUT2D eigenvalue weighted by molar-refractivity contribution is 5.81. The molecular weight excluding hydrogens is 290 g/mol. The molecule has 1 aliphatic heterocycles. The number of carbonyl (C=O) groups excluding carboxylic acids is 1. The first-order chi connectivity index (χ1) is 11.1.